The highest BCUT2D eigenvalue weighted by Crippen LogP contribution is 2.29. The molecule has 18 heavy (non-hydrogen) atoms. The molecule has 0 fully saturated rings. The molecule has 1 rings (SSSR count). The number of anilines is 1. The molecule has 0 radical (unpaired) electrons. The van der Waals surface area contributed by atoms with E-state index < -0.39 is 0 Å². The van der Waals surface area contributed by atoms with Crippen LogP contribution in [-0.4, -0.2) is 31.3 Å². The summed E-state index contributed by atoms with van der Waals surface area (Å²) in [5.41, 5.74) is 2.17. The summed E-state index contributed by atoms with van der Waals surface area (Å²) < 4.78 is 0. The van der Waals surface area contributed by atoms with Crippen molar-refractivity contribution in [1.29, 1.82) is 0 Å². The van der Waals surface area contributed by atoms with Crippen molar-refractivity contribution in [3.05, 3.63) is 28.8 Å². The highest BCUT2D eigenvalue weighted by molar-refractivity contribution is 6.33. The Morgan fingerprint density at radius 2 is 2.17 bits per heavy atom. The molecule has 0 spiro atoms. The van der Waals surface area contributed by atoms with Crippen molar-refractivity contribution in [1.82, 2.24) is 5.32 Å². The lowest BCUT2D eigenvalue weighted by molar-refractivity contribution is 0.201. The second-order valence-corrected chi connectivity index (χ2v) is 5.06. The minimum absolute atomic E-state index is 0.372. The lowest BCUT2D eigenvalue weighted by Crippen LogP contribution is -2.28. The van der Waals surface area contributed by atoms with E-state index in [0.29, 0.717) is 6.54 Å². The van der Waals surface area contributed by atoms with E-state index in [1.807, 2.05) is 24.1 Å². The first kappa shape index (κ1) is 15.3. The smallest absolute Gasteiger partial charge is 0.0686 e. The van der Waals surface area contributed by atoms with Crippen LogP contribution in [0.4, 0.5) is 5.69 Å². The number of aliphatic hydroxyl groups excluding tert-OH is 1. The SMILES string of the molecule is CCCNCc1cccc(Cl)c1N(C)CC(C)O. The zero-order valence-corrected chi connectivity index (χ0v) is 12.2. The lowest BCUT2D eigenvalue weighted by Gasteiger charge is -2.25. The number of rotatable bonds is 7. The maximum Gasteiger partial charge on any atom is 0.0686 e. The molecule has 0 aliphatic heterocycles. The van der Waals surface area contributed by atoms with Crippen LogP contribution in [0.1, 0.15) is 25.8 Å². The van der Waals surface area contributed by atoms with Crippen LogP contribution in [0.15, 0.2) is 18.2 Å². The van der Waals surface area contributed by atoms with Gasteiger partial charge in [0.25, 0.3) is 0 Å². The highest BCUT2D eigenvalue weighted by Gasteiger charge is 2.12. The van der Waals surface area contributed by atoms with Crippen molar-refractivity contribution in [3.63, 3.8) is 0 Å². The molecule has 0 saturated heterocycles. The van der Waals surface area contributed by atoms with E-state index in [2.05, 4.69) is 18.3 Å². The first-order chi connectivity index (χ1) is 8.56. The number of nitrogens with zero attached hydrogens (tertiary/aromatic N) is 1. The van der Waals surface area contributed by atoms with E-state index in [9.17, 15) is 5.11 Å². The van der Waals surface area contributed by atoms with Gasteiger partial charge in [0, 0.05) is 20.1 Å². The van der Waals surface area contributed by atoms with Gasteiger partial charge in [-0.1, -0.05) is 30.7 Å². The Morgan fingerprint density at radius 3 is 2.78 bits per heavy atom. The first-order valence-electron chi connectivity index (χ1n) is 6.43. The Labute approximate surface area is 115 Å². The molecule has 0 bridgehead atoms. The lowest BCUT2D eigenvalue weighted by atomic mass is 10.1. The molecule has 2 N–H and O–H groups in total. The van der Waals surface area contributed by atoms with Gasteiger partial charge >= 0.3 is 0 Å². The van der Waals surface area contributed by atoms with Crippen LogP contribution in [0.3, 0.4) is 0 Å². The Kier molecular flexibility index (Phi) is 6.47. The molecule has 0 heterocycles. The van der Waals surface area contributed by atoms with Gasteiger partial charge in [-0.2, -0.15) is 0 Å². The van der Waals surface area contributed by atoms with Crippen molar-refractivity contribution < 1.29 is 5.11 Å². The molecule has 1 atom stereocenters. The highest BCUT2D eigenvalue weighted by atomic mass is 35.5. The van der Waals surface area contributed by atoms with Crippen LogP contribution >= 0.6 is 11.6 Å². The van der Waals surface area contributed by atoms with E-state index in [4.69, 9.17) is 11.6 Å². The fourth-order valence-electron chi connectivity index (χ4n) is 2.02. The van der Waals surface area contributed by atoms with E-state index in [-0.39, 0.29) is 6.10 Å². The third-order valence-corrected chi connectivity index (χ3v) is 3.04. The minimum Gasteiger partial charge on any atom is -0.392 e. The van der Waals surface area contributed by atoms with Gasteiger partial charge in [-0.3, -0.25) is 0 Å². The average molecular weight is 271 g/mol. The molecule has 1 aromatic rings. The number of hydrogen-bond donors (Lipinski definition) is 2. The van der Waals surface area contributed by atoms with Gasteiger partial charge < -0.3 is 15.3 Å². The molecule has 3 nitrogen and oxygen atoms in total. The number of hydrogen-bond acceptors (Lipinski definition) is 3. The standard InChI is InChI=1S/C14H23ClN2O/c1-4-8-16-9-12-6-5-7-13(15)14(12)17(3)10-11(2)18/h5-7,11,16,18H,4,8-10H2,1-3H3. The van der Waals surface area contributed by atoms with Gasteiger partial charge in [0.15, 0.2) is 0 Å². The third-order valence-electron chi connectivity index (χ3n) is 2.73. The molecular formula is C14H23ClN2O. The Balaban J connectivity index is 2.85. The summed E-state index contributed by atoms with van der Waals surface area (Å²) in [5, 5.41) is 13.6. The van der Waals surface area contributed by atoms with Gasteiger partial charge in [0.2, 0.25) is 0 Å². The van der Waals surface area contributed by atoms with Crippen molar-refractivity contribution in [3.8, 4) is 0 Å². The van der Waals surface area contributed by atoms with Crippen molar-refractivity contribution in [2.75, 3.05) is 25.0 Å². The molecule has 0 saturated carbocycles. The molecule has 1 unspecified atom stereocenters. The monoisotopic (exact) mass is 270 g/mol. The van der Waals surface area contributed by atoms with Crippen LogP contribution in [0.2, 0.25) is 5.02 Å². The van der Waals surface area contributed by atoms with Crippen molar-refractivity contribution in [2.45, 2.75) is 32.9 Å². The minimum atomic E-state index is -0.372. The molecule has 102 valence electrons. The summed E-state index contributed by atoms with van der Waals surface area (Å²) in [5.74, 6) is 0. The number of likely N-dealkylation sites (N-methyl/N-ethyl adjacent to an activating group) is 1. The van der Waals surface area contributed by atoms with Crippen LogP contribution < -0.4 is 10.2 Å². The summed E-state index contributed by atoms with van der Waals surface area (Å²) in [7, 11) is 1.96. The number of nitrogens with one attached hydrogen (secondary N) is 1. The molecule has 0 aliphatic rings. The Morgan fingerprint density at radius 1 is 1.44 bits per heavy atom. The summed E-state index contributed by atoms with van der Waals surface area (Å²) >= 11 is 6.27. The molecule has 4 heteroatoms. The number of benzene rings is 1. The van der Waals surface area contributed by atoms with Crippen LogP contribution in [-0.2, 0) is 6.54 Å². The van der Waals surface area contributed by atoms with Crippen LogP contribution in [0, 0.1) is 0 Å². The van der Waals surface area contributed by atoms with Crippen LogP contribution in [0.5, 0.6) is 0 Å². The maximum absolute atomic E-state index is 9.48. The molecule has 1 aromatic carbocycles. The Bertz CT molecular complexity index is 369. The summed E-state index contributed by atoms with van der Waals surface area (Å²) in [6, 6.07) is 5.92. The quantitative estimate of drug-likeness (QED) is 0.748. The summed E-state index contributed by atoms with van der Waals surface area (Å²) in [4.78, 5) is 2.01. The van der Waals surface area contributed by atoms with E-state index in [1.54, 1.807) is 6.92 Å². The molecular weight excluding hydrogens is 248 g/mol. The zero-order valence-electron chi connectivity index (χ0n) is 11.4. The fraction of sp³-hybridized carbons (Fsp3) is 0.571. The maximum atomic E-state index is 9.48. The van der Waals surface area contributed by atoms with Gasteiger partial charge in [0.1, 0.15) is 0 Å². The zero-order chi connectivity index (χ0) is 13.5. The average Bonchev–Trinajstić information content (AvgIpc) is 2.28. The third kappa shape index (κ3) is 4.48. The predicted octanol–water partition coefficient (Wildman–Crippen LogP) is 2.66. The largest absolute Gasteiger partial charge is 0.392 e. The molecule has 0 aromatic heterocycles. The van der Waals surface area contributed by atoms with Crippen molar-refractivity contribution >= 4 is 17.3 Å². The first-order valence-corrected chi connectivity index (χ1v) is 6.81. The number of para-hydroxylation sites is 1. The van der Waals surface area contributed by atoms with Crippen molar-refractivity contribution in [2.24, 2.45) is 0 Å². The van der Waals surface area contributed by atoms with Gasteiger partial charge in [0.05, 0.1) is 16.8 Å². The normalized spacial score (nSPS) is 12.5. The number of aliphatic hydroxyl groups is 1. The van der Waals surface area contributed by atoms with E-state index >= 15 is 0 Å². The van der Waals surface area contributed by atoms with Gasteiger partial charge in [-0.25, -0.2) is 0 Å². The molecule has 0 aliphatic carbocycles. The predicted molar refractivity (Wildman–Crippen MR) is 78.4 cm³/mol. The fourth-order valence-corrected chi connectivity index (χ4v) is 2.36. The number of halogens is 1. The van der Waals surface area contributed by atoms with Gasteiger partial charge in [-0.05, 0) is 31.5 Å². The van der Waals surface area contributed by atoms with Crippen LogP contribution in [0.25, 0.3) is 0 Å². The van der Waals surface area contributed by atoms with Gasteiger partial charge in [-0.15, -0.1) is 0 Å². The van der Waals surface area contributed by atoms with E-state index in [1.165, 1.54) is 5.56 Å². The van der Waals surface area contributed by atoms with E-state index in [0.717, 1.165) is 30.2 Å². The Hall–Kier alpha value is -0.770. The second-order valence-electron chi connectivity index (χ2n) is 4.65. The summed E-state index contributed by atoms with van der Waals surface area (Å²) in [6.07, 6.45) is 0.738. The molecule has 0 amide bonds. The summed E-state index contributed by atoms with van der Waals surface area (Å²) in [6.45, 7) is 6.29. The topological polar surface area (TPSA) is 35.5 Å². The second kappa shape index (κ2) is 7.62.